The lowest BCUT2D eigenvalue weighted by Gasteiger charge is -2.29. The number of fused-ring (bicyclic) bond motifs is 1. The van der Waals surface area contributed by atoms with Gasteiger partial charge in [-0.3, -0.25) is 0 Å². The van der Waals surface area contributed by atoms with Crippen molar-refractivity contribution in [2.75, 3.05) is 24.5 Å². The zero-order valence-electron chi connectivity index (χ0n) is 13.0. The normalized spacial score (nSPS) is 17.5. The average molecular weight is 276 g/mol. The van der Waals surface area contributed by atoms with E-state index >= 15 is 0 Å². The SMILES string of the molecule is CC(C)(C)NCC(O)CN1CCCCc2ccccc21. The number of nitrogens with one attached hydrogen (secondary N) is 1. The molecule has 3 nitrogen and oxygen atoms in total. The maximum absolute atomic E-state index is 10.3. The Balaban J connectivity index is 1.98. The number of aryl methyl sites for hydroxylation is 1. The first-order valence-electron chi connectivity index (χ1n) is 7.72. The minimum atomic E-state index is -0.333. The molecule has 0 spiro atoms. The third kappa shape index (κ3) is 4.50. The van der Waals surface area contributed by atoms with Gasteiger partial charge < -0.3 is 15.3 Å². The van der Waals surface area contributed by atoms with Crippen LogP contribution in [0.5, 0.6) is 0 Å². The van der Waals surface area contributed by atoms with Crippen LogP contribution < -0.4 is 10.2 Å². The van der Waals surface area contributed by atoms with Crippen LogP contribution in [-0.2, 0) is 6.42 Å². The molecule has 0 saturated heterocycles. The molecule has 20 heavy (non-hydrogen) atoms. The van der Waals surface area contributed by atoms with Gasteiger partial charge in [0.1, 0.15) is 0 Å². The fourth-order valence-electron chi connectivity index (χ4n) is 2.70. The molecule has 1 aliphatic rings. The Bertz CT molecular complexity index is 425. The fourth-order valence-corrected chi connectivity index (χ4v) is 2.70. The maximum Gasteiger partial charge on any atom is 0.0839 e. The summed E-state index contributed by atoms with van der Waals surface area (Å²) < 4.78 is 0. The number of benzene rings is 1. The minimum Gasteiger partial charge on any atom is -0.390 e. The molecular formula is C17H28N2O. The number of aliphatic hydroxyl groups excluding tert-OH is 1. The highest BCUT2D eigenvalue weighted by Crippen LogP contribution is 2.26. The van der Waals surface area contributed by atoms with E-state index < -0.39 is 0 Å². The van der Waals surface area contributed by atoms with Crippen LogP contribution in [0.3, 0.4) is 0 Å². The van der Waals surface area contributed by atoms with E-state index in [4.69, 9.17) is 0 Å². The monoisotopic (exact) mass is 276 g/mol. The molecule has 3 heteroatoms. The zero-order chi connectivity index (χ0) is 14.6. The van der Waals surface area contributed by atoms with Crippen LogP contribution in [0.15, 0.2) is 24.3 Å². The van der Waals surface area contributed by atoms with Crippen LogP contribution >= 0.6 is 0 Å². The number of hydrogen-bond donors (Lipinski definition) is 2. The molecule has 0 aliphatic carbocycles. The van der Waals surface area contributed by atoms with Gasteiger partial charge in [-0.2, -0.15) is 0 Å². The minimum absolute atomic E-state index is 0.0532. The summed E-state index contributed by atoms with van der Waals surface area (Å²) in [4.78, 5) is 2.34. The molecule has 0 fully saturated rings. The van der Waals surface area contributed by atoms with Crippen molar-refractivity contribution in [2.24, 2.45) is 0 Å². The second-order valence-corrected chi connectivity index (χ2v) is 6.82. The van der Waals surface area contributed by atoms with Crippen LogP contribution in [0.2, 0.25) is 0 Å². The molecule has 1 aromatic carbocycles. The van der Waals surface area contributed by atoms with Gasteiger partial charge in [0.25, 0.3) is 0 Å². The number of hydrogen-bond acceptors (Lipinski definition) is 3. The van der Waals surface area contributed by atoms with E-state index in [1.807, 2.05) is 0 Å². The summed E-state index contributed by atoms with van der Waals surface area (Å²) >= 11 is 0. The average Bonchev–Trinajstić information content (AvgIpc) is 2.59. The summed E-state index contributed by atoms with van der Waals surface area (Å²) in [5, 5.41) is 13.7. The molecule has 1 atom stereocenters. The number of anilines is 1. The second-order valence-electron chi connectivity index (χ2n) is 6.82. The first-order valence-corrected chi connectivity index (χ1v) is 7.72. The van der Waals surface area contributed by atoms with Crippen molar-refractivity contribution in [3.63, 3.8) is 0 Å². The summed E-state index contributed by atoms with van der Waals surface area (Å²) in [6.07, 6.45) is 3.27. The number of para-hydroxylation sites is 1. The van der Waals surface area contributed by atoms with Crippen LogP contribution in [0, 0.1) is 0 Å². The summed E-state index contributed by atoms with van der Waals surface area (Å²) in [5.41, 5.74) is 2.78. The lowest BCUT2D eigenvalue weighted by molar-refractivity contribution is 0.165. The predicted molar refractivity (Wildman–Crippen MR) is 85.4 cm³/mol. The smallest absolute Gasteiger partial charge is 0.0839 e. The highest BCUT2D eigenvalue weighted by molar-refractivity contribution is 5.54. The lowest BCUT2D eigenvalue weighted by Crippen LogP contribution is -2.45. The Morgan fingerprint density at radius 2 is 2.00 bits per heavy atom. The van der Waals surface area contributed by atoms with Crippen LogP contribution in [-0.4, -0.2) is 36.4 Å². The highest BCUT2D eigenvalue weighted by Gasteiger charge is 2.19. The number of rotatable bonds is 4. The van der Waals surface area contributed by atoms with E-state index in [2.05, 4.69) is 55.3 Å². The molecule has 112 valence electrons. The Hall–Kier alpha value is -1.06. The van der Waals surface area contributed by atoms with Crippen molar-refractivity contribution in [3.05, 3.63) is 29.8 Å². The largest absolute Gasteiger partial charge is 0.390 e. The maximum atomic E-state index is 10.3. The Morgan fingerprint density at radius 1 is 1.25 bits per heavy atom. The van der Waals surface area contributed by atoms with Gasteiger partial charge in [0, 0.05) is 30.9 Å². The van der Waals surface area contributed by atoms with Gasteiger partial charge in [-0.25, -0.2) is 0 Å². The Kier molecular flexibility index (Phi) is 5.06. The van der Waals surface area contributed by atoms with E-state index in [0.29, 0.717) is 13.1 Å². The molecule has 1 aromatic rings. The number of β-amino-alcohol motifs (C(OH)–C–C–N with tert-alkyl or cyclic N) is 1. The van der Waals surface area contributed by atoms with Gasteiger partial charge in [-0.05, 0) is 51.7 Å². The van der Waals surface area contributed by atoms with Crippen molar-refractivity contribution < 1.29 is 5.11 Å². The van der Waals surface area contributed by atoms with Crippen LogP contribution in [0.4, 0.5) is 5.69 Å². The van der Waals surface area contributed by atoms with Gasteiger partial charge in [0.05, 0.1) is 6.10 Å². The topological polar surface area (TPSA) is 35.5 Å². The van der Waals surface area contributed by atoms with Crippen molar-refractivity contribution in [1.82, 2.24) is 5.32 Å². The first-order chi connectivity index (χ1) is 9.46. The summed E-state index contributed by atoms with van der Waals surface area (Å²) in [5.74, 6) is 0. The highest BCUT2D eigenvalue weighted by atomic mass is 16.3. The van der Waals surface area contributed by atoms with Gasteiger partial charge in [-0.15, -0.1) is 0 Å². The van der Waals surface area contributed by atoms with Gasteiger partial charge in [0.15, 0.2) is 0 Å². The molecule has 2 rings (SSSR count). The summed E-state index contributed by atoms with van der Waals surface area (Å²) in [6.45, 7) is 8.77. The molecule has 0 bridgehead atoms. The fraction of sp³-hybridized carbons (Fsp3) is 0.647. The van der Waals surface area contributed by atoms with E-state index in [1.165, 1.54) is 24.1 Å². The standard InChI is InChI=1S/C17H28N2O/c1-17(2,3)18-12-15(20)13-19-11-7-6-9-14-8-4-5-10-16(14)19/h4-5,8,10,15,18,20H,6-7,9,11-13H2,1-3H3. The molecule has 0 saturated carbocycles. The zero-order valence-corrected chi connectivity index (χ0v) is 13.0. The van der Waals surface area contributed by atoms with Crippen molar-refractivity contribution in [1.29, 1.82) is 0 Å². The quantitative estimate of drug-likeness (QED) is 0.887. The van der Waals surface area contributed by atoms with Crippen molar-refractivity contribution in [3.8, 4) is 0 Å². The molecule has 0 amide bonds. The van der Waals surface area contributed by atoms with E-state index in [9.17, 15) is 5.11 Å². The third-order valence-corrected chi connectivity index (χ3v) is 3.76. The van der Waals surface area contributed by atoms with E-state index in [1.54, 1.807) is 0 Å². The van der Waals surface area contributed by atoms with Crippen LogP contribution in [0.25, 0.3) is 0 Å². The number of nitrogens with zero attached hydrogens (tertiary/aromatic N) is 1. The Morgan fingerprint density at radius 3 is 2.75 bits per heavy atom. The summed E-state index contributed by atoms with van der Waals surface area (Å²) in [7, 11) is 0. The molecule has 0 aromatic heterocycles. The first kappa shape index (κ1) is 15.3. The predicted octanol–water partition coefficient (Wildman–Crippen LogP) is 2.58. The van der Waals surface area contributed by atoms with E-state index in [0.717, 1.165) is 13.0 Å². The molecule has 1 unspecified atom stereocenters. The van der Waals surface area contributed by atoms with Gasteiger partial charge in [-0.1, -0.05) is 18.2 Å². The lowest BCUT2D eigenvalue weighted by atomic mass is 10.1. The van der Waals surface area contributed by atoms with Gasteiger partial charge >= 0.3 is 0 Å². The van der Waals surface area contributed by atoms with E-state index in [-0.39, 0.29) is 11.6 Å². The second kappa shape index (κ2) is 6.59. The molecule has 1 heterocycles. The van der Waals surface area contributed by atoms with Crippen LogP contribution in [0.1, 0.15) is 39.2 Å². The van der Waals surface area contributed by atoms with Gasteiger partial charge in [0.2, 0.25) is 0 Å². The Labute approximate surface area is 123 Å². The molecule has 0 radical (unpaired) electrons. The number of aliphatic hydroxyl groups is 1. The van der Waals surface area contributed by atoms with Crippen molar-refractivity contribution in [2.45, 2.75) is 51.7 Å². The summed E-state index contributed by atoms with van der Waals surface area (Å²) in [6, 6.07) is 8.61. The third-order valence-electron chi connectivity index (χ3n) is 3.76. The molecular weight excluding hydrogens is 248 g/mol. The molecule has 1 aliphatic heterocycles. The molecule has 2 N–H and O–H groups in total. The van der Waals surface area contributed by atoms with Crippen molar-refractivity contribution >= 4 is 5.69 Å².